The molecule has 1 atom stereocenters. The van der Waals surface area contributed by atoms with E-state index in [2.05, 4.69) is 25.8 Å². The number of nitrogens with zero attached hydrogens (tertiary/aromatic N) is 2. The zero-order valence-corrected chi connectivity index (χ0v) is 18.9. The van der Waals surface area contributed by atoms with Gasteiger partial charge < -0.3 is 25.2 Å². The maximum absolute atomic E-state index is 13.8. The Morgan fingerprint density at radius 2 is 2.03 bits per heavy atom. The number of halogens is 1. The lowest BCUT2D eigenvalue weighted by Crippen LogP contribution is -2.32. The lowest BCUT2D eigenvalue weighted by Gasteiger charge is -2.20. The van der Waals surface area contributed by atoms with E-state index in [0.717, 1.165) is 22.4 Å². The van der Waals surface area contributed by atoms with Gasteiger partial charge in [-0.3, -0.25) is 0 Å². The van der Waals surface area contributed by atoms with Gasteiger partial charge in [-0.05, 0) is 42.2 Å². The van der Waals surface area contributed by atoms with E-state index in [9.17, 15) is 14.3 Å². The molecule has 0 fully saturated rings. The van der Waals surface area contributed by atoms with Crippen LogP contribution in [0.25, 0.3) is 11.3 Å². The largest absolute Gasteiger partial charge is 0.480 e. The van der Waals surface area contributed by atoms with E-state index in [0.29, 0.717) is 35.9 Å². The molecule has 0 spiro atoms. The summed E-state index contributed by atoms with van der Waals surface area (Å²) in [6.45, 7) is 4.15. The summed E-state index contributed by atoms with van der Waals surface area (Å²) in [4.78, 5) is 19.0. The van der Waals surface area contributed by atoms with Crippen molar-refractivity contribution in [3.63, 3.8) is 0 Å². The third-order valence-corrected chi connectivity index (χ3v) is 5.55. The minimum absolute atomic E-state index is 0.268. The molecule has 8 nitrogen and oxygen atoms in total. The third-order valence-electron chi connectivity index (χ3n) is 5.55. The van der Waals surface area contributed by atoms with Crippen LogP contribution in [0.5, 0.6) is 0 Å². The first-order valence-corrected chi connectivity index (χ1v) is 11.0. The van der Waals surface area contributed by atoms with Gasteiger partial charge in [0.1, 0.15) is 17.6 Å². The van der Waals surface area contributed by atoms with Crippen LogP contribution in [0, 0.1) is 12.7 Å². The summed E-state index contributed by atoms with van der Waals surface area (Å²) in [6.07, 6.45) is 4.25. The summed E-state index contributed by atoms with van der Waals surface area (Å²) in [6, 6.07) is 11.3. The first-order valence-electron chi connectivity index (χ1n) is 11.0. The van der Waals surface area contributed by atoms with Crippen LogP contribution in [0.2, 0.25) is 0 Å². The molecule has 0 saturated carbocycles. The number of aromatic amines is 1. The molecule has 176 valence electrons. The first-order chi connectivity index (χ1) is 16.4. The van der Waals surface area contributed by atoms with Crippen molar-refractivity contribution in [2.24, 2.45) is 0 Å². The van der Waals surface area contributed by atoms with Crippen molar-refractivity contribution in [2.45, 2.75) is 39.3 Å². The number of rotatable bonds is 10. The molecule has 9 heteroatoms. The van der Waals surface area contributed by atoms with Crippen LogP contribution in [0.1, 0.15) is 29.3 Å². The molecular formula is C25H26FN5O3. The summed E-state index contributed by atoms with van der Waals surface area (Å²) in [5, 5.41) is 20.1. The maximum atomic E-state index is 13.8. The number of benzene rings is 2. The Hall–Kier alpha value is -4.14. The molecule has 34 heavy (non-hydrogen) atoms. The van der Waals surface area contributed by atoms with Crippen LogP contribution in [-0.2, 0) is 24.2 Å². The van der Waals surface area contributed by atoms with E-state index < -0.39 is 12.0 Å². The van der Waals surface area contributed by atoms with Gasteiger partial charge in [-0.2, -0.15) is 0 Å². The van der Waals surface area contributed by atoms with Gasteiger partial charge in [-0.1, -0.05) is 36.3 Å². The number of carboxylic acid groups (broad SMARTS) is 1. The second-order valence-corrected chi connectivity index (χ2v) is 8.02. The topological polar surface area (TPSA) is 116 Å². The molecule has 1 unspecified atom stereocenters. The molecule has 2 aromatic carbocycles. The normalized spacial score (nSPS) is 11.9. The number of carbonyl (C=O) groups is 1. The molecule has 0 aliphatic heterocycles. The molecule has 0 radical (unpaired) electrons. The first kappa shape index (κ1) is 23.0. The standard InChI is InChI=1S/C25H26FN5O3/c1-3-17-12-19(26)10-15(2)23(17)30-21(24(32)33)11-16-4-6-18(7-5-16)22-13-20(31-34-22)14-29-25-27-8-9-28-25/h4-10,12-13,21,30H,3,11,14H2,1-2H3,(H,32,33)(H2,27,28,29). The summed E-state index contributed by atoms with van der Waals surface area (Å²) >= 11 is 0. The highest BCUT2D eigenvalue weighted by Gasteiger charge is 2.20. The molecule has 0 amide bonds. The Bertz CT molecular complexity index is 1250. The summed E-state index contributed by atoms with van der Waals surface area (Å²) in [7, 11) is 0. The van der Waals surface area contributed by atoms with Gasteiger partial charge in [0.2, 0.25) is 0 Å². The van der Waals surface area contributed by atoms with Gasteiger partial charge in [0.05, 0.1) is 6.54 Å². The lowest BCUT2D eigenvalue weighted by atomic mass is 10.0. The van der Waals surface area contributed by atoms with Crippen molar-refractivity contribution in [3.8, 4) is 11.3 Å². The highest BCUT2D eigenvalue weighted by atomic mass is 19.1. The molecule has 0 saturated heterocycles. The van der Waals surface area contributed by atoms with Crippen molar-refractivity contribution in [3.05, 3.63) is 83.1 Å². The van der Waals surface area contributed by atoms with Gasteiger partial charge >= 0.3 is 5.97 Å². The predicted molar refractivity (Wildman–Crippen MR) is 127 cm³/mol. The van der Waals surface area contributed by atoms with Crippen molar-refractivity contribution in [1.29, 1.82) is 0 Å². The van der Waals surface area contributed by atoms with Crippen LogP contribution < -0.4 is 10.6 Å². The fraction of sp³-hybridized carbons (Fsp3) is 0.240. The quantitative estimate of drug-likeness (QED) is 0.267. The Morgan fingerprint density at radius 3 is 2.71 bits per heavy atom. The molecule has 0 aliphatic rings. The van der Waals surface area contributed by atoms with E-state index in [1.165, 1.54) is 12.1 Å². The van der Waals surface area contributed by atoms with Crippen molar-refractivity contribution in [1.82, 2.24) is 15.1 Å². The minimum Gasteiger partial charge on any atom is -0.480 e. The van der Waals surface area contributed by atoms with Crippen LogP contribution in [-0.4, -0.2) is 32.2 Å². The van der Waals surface area contributed by atoms with E-state index in [1.807, 2.05) is 37.3 Å². The SMILES string of the molecule is CCc1cc(F)cc(C)c1NC(Cc1ccc(-c2cc(CNc3ncc[nH]3)no2)cc1)C(=O)O. The van der Waals surface area contributed by atoms with Gasteiger partial charge in [-0.25, -0.2) is 14.2 Å². The number of anilines is 2. The molecule has 2 aromatic heterocycles. The number of aryl methyl sites for hydroxylation is 2. The monoisotopic (exact) mass is 463 g/mol. The molecular weight excluding hydrogens is 437 g/mol. The number of H-pyrrole nitrogens is 1. The van der Waals surface area contributed by atoms with Crippen molar-refractivity contribution < 1.29 is 18.8 Å². The molecule has 4 N–H and O–H groups in total. The number of nitrogens with one attached hydrogen (secondary N) is 3. The number of aliphatic carboxylic acids is 1. The fourth-order valence-electron chi connectivity index (χ4n) is 3.78. The van der Waals surface area contributed by atoms with E-state index in [1.54, 1.807) is 19.3 Å². The molecule has 4 rings (SSSR count). The summed E-state index contributed by atoms with van der Waals surface area (Å²) in [5.74, 6) is -0.0314. The van der Waals surface area contributed by atoms with E-state index in [4.69, 9.17) is 4.52 Å². The molecule has 0 aliphatic carbocycles. The van der Waals surface area contributed by atoms with E-state index >= 15 is 0 Å². The molecule has 4 aromatic rings. The minimum atomic E-state index is -0.973. The van der Waals surface area contributed by atoms with Gasteiger partial charge in [-0.15, -0.1) is 0 Å². The van der Waals surface area contributed by atoms with Crippen LogP contribution in [0.3, 0.4) is 0 Å². The maximum Gasteiger partial charge on any atom is 0.326 e. The van der Waals surface area contributed by atoms with Gasteiger partial charge in [0.25, 0.3) is 0 Å². The summed E-state index contributed by atoms with van der Waals surface area (Å²) in [5.41, 5.74) is 4.52. The Morgan fingerprint density at radius 1 is 1.24 bits per heavy atom. The van der Waals surface area contributed by atoms with Crippen LogP contribution in [0.15, 0.2) is 59.4 Å². The molecule has 2 heterocycles. The smallest absolute Gasteiger partial charge is 0.326 e. The van der Waals surface area contributed by atoms with Crippen LogP contribution in [0.4, 0.5) is 16.0 Å². The fourth-order valence-corrected chi connectivity index (χ4v) is 3.78. The third kappa shape index (κ3) is 5.43. The lowest BCUT2D eigenvalue weighted by molar-refractivity contribution is -0.137. The van der Waals surface area contributed by atoms with Gasteiger partial charge in [0.15, 0.2) is 11.7 Å². The predicted octanol–water partition coefficient (Wildman–Crippen LogP) is 4.79. The van der Waals surface area contributed by atoms with Crippen LogP contribution >= 0.6 is 0 Å². The highest BCUT2D eigenvalue weighted by Crippen LogP contribution is 2.26. The molecule has 0 bridgehead atoms. The number of carboxylic acids is 1. The Balaban J connectivity index is 1.43. The van der Waals surface area contributed by atoms with Gasteiger partial charge in [0, 0.05) is 36.1 Å². The van der Waals surface area contributed by atoms with E-state index in [-0.39, 0.29) is 12.2 Å². The second kappa shape index (κ2) is 10.2. The number of hydrogen-bond acceptors (Lipinski definition) is 6. The van der Waals surface area contributed by atoms with Crippen molar-refractivity contribution >= 4 is 17.6 Å². The zero-order valence-electron chi connectivity index (χ0n) is 18.9. The average Bonchev–Trinajstić information content (AvgIpc) is 3.51. The highest BCUT2D eigenvalue weighted by molar-refractivity contribution is 5.79. The second-order valence-electron chi connectivity index (χ2n) is 8.02. The zero-order chi connectivity index (χ0) is 24.1. The summed E-state index contributed by atoms with van der Waals surface area (Å²) < 4.78 is 19.2. The average molecular weight is 464 g/mol. The number of hydrogen-bond donors (Lipinski definition) is 4. The Labute approximate surface area is 196 Å². The Kier molecular flexibility index (Phi) is 6.91. The number of imidazole rings is 1. The van der Waals surface area contributed by atoms with Crippen molar-refractivity contribution in [2.75, 3.05) is 10.6 Å². The number of aromatic nitrogens is 3.